The number of nitrogens with one attached hydrogen (secondary N) is 1. The minimum atomic E-state index is -3.56. The maximum atomic E-state index is 13.8. The number of allylic oxidation sites excluding steroid dienone is 2. The van der Waals surface area contributed by atoms with Crippen molar-refractivity contribution in [2.24, 2.45) is 5.73 Å². The van der Waals surface area contributed by atoms with Gasteiger partial charge in [0.15, 0.2) is 5.79 Å². The molecule has 0 amide bonds. The molecule has 1 atom stereocenters. The van der Waals surface area contributed by atoms with Crippen molar-refractivity contribution in [3.8, 4) is 0 Å². The minimum absolute atomic E-state index is 0.0347. The van der Waals surface area contributed by atoms with Crippen LogP contribution in [-0.2, 0) is 10.0 Å². The van der Waals surface area contributed by atoms with Gasteiger partial charge in [-0.3, -0.25) is 0 Å². The van der Waals surface area contributed by atoms with E-state index in [9.17, 15) is 12.8 Å². The number of halogens is 1. The Labute approximate surface area is 82.7 Å². The van der Waals surface area contributed by atoms with Gasteiger partial charge in [0.25, 0.3) is 0 Å². The predicted molar refractivity (Wildman–Crippen MR) is 52.7 cm³/mol. The first-order chi connectivity index (χ1) is 6.35. The average molecular weight is 220 g/mol. The van der Waals surface area contributed by atoms with E-state index >= 15 is 0 Å². The Balaban J connectivity index is 2.80. The molecular formula is C8H13FN2O2S. The van der Waals surface area contributed by atoms with Crippen molar-refractivity contribution >= 4 is 10.0 Å². The summed E-state index contributed by atoms with van der Waals surface area (Å²) in [5.74, 6) is -2.03. The van der Waals surface area contributed by atoms with Gasteiger partial charge in [-0.15, -0.1) is 0 Å². The third-order valence-electron chi connectivity index (χ3n) is 1.79. The van der Waals surface area contributed by atoms with Crippen LogP contribution in [-0.4, -0.2) is 27.0 Å². The molecule has 0 aromatic carbocycles. The molecule has 0 aromatic heterocycles. The van der Waals surface area contributed by atoms with Crippen LogP contribution in [0.3, 0.4) is 0 Å². The molecule has 0 radical (unpaired) electrons. The molecular weight excluding hydrogens is 207 g/mol. The van der Waals surface area contributed by atoms with E-state index in [2.05, 4.69) is 0 Å². The molecule has 0 saturated heterocycles. The zero-order valence-corrected chi connectivity index (χ0v) is 8.64. The van der Waals surface area contributed by atoms with Crippen molar-refractivity contribution in [1.82, 2.24) is 4.72 Å². The van der Waals surface area contributed by atoms with Gasteiger partial charge in [0.2, 0.25) is 10.0 Å². The molecule has 14 heavy (non-hydrogen) atoms. The monoisotopic (exact) mass is 220 g/mol. The Morgan fingerprint density at radius 1 is 1.71 bits per heavy atom. The Morgan fingerprint density at radius 3 is 2.86 bits per heavy atom. The van der Waals surface area contributed by atoms with Gasteiger partial charge in [-0.2, -0.15) is 4.72 Å². The standard InChI is InChI=1S/C8H13FN2O2S/c1-14(12,13)11-8(9)4-2-3-7(5-8)6-10/h2-4,11H,5-6,10H2,1H3. The zero-order valence-electron chi connectivity index (χ0n) is 7.83. The van der Waals surface area contributed by atoms with E-state index in [0.717, 1.165) is 6.26 Å². The van der Waals surface area contributed by atoms with Crippen LogP contribution in [0.2, 0.25) is 0 Å². The van der Waals surface area contributed by atoms with Crippen molar-refractivity contribution in [2.75, 3.05) is 12.8 Å². The van der Waals surface area contributed by atoms with E-state index in [1.807, 2.05) is 4.72 Å². The first-order valence-corrected chi connectivity index (χ1v) is 5.99. The molecule has 80 valence electrons. The number of alkyl halides is 1. The highest BCUT2D eigenvalue weighted by atomic mass is 32.2. The summed E-state index contributed by atoms with van der Waals surface area (Å²) >= 11 is 0. The van der Waals surface area contributed by atoms with Gasteiger partial charge in [-0.1, -0.05) is 17.7 Å². The second-order valence-corrected chi connectivity index (χ2v) is 5.05. The SMILES string of the molecule is CS(=O)(=O)NC1(F)C=CC=C(CN)C1. The molecule has 0 aliphatic heterocycles. The molecule has 0 bridgehead atoms. The molecule has 1 unspecified atom stereocenters. The van der Waals surface area contributed by atoms with Crippen molar-refractivity contribution in [3.05, 3.63) is 23.8 Å². The van der Waals surface area contributed by atoms with E-state index in [1.54, 1.807) is 6.08 Å². The summed E-state index contributed by atoms with van der Waals surface area (Å²) in [6.07, 6.45) is 5.20. The maximum absolute atomic E-state index is 13.8. The van der Waals surface area contributed by atoms with Crippen LogP contribution in [0, 0.1) is 0 Å². The summed E-state index contributed by atoms with van der Waals surface area (Å²) in [6.45, 7) is 0.224. The second-order valence-electron chi connectivity index (χ2n) is 3.30. The largest absolute Gasteiger partial charge is 0.327 e. The summed E-state index contributed by atoms with van der Waals surface area (Å²) in [5, 5.41) is 0. The van der Waals surface area contributed by atoms with E-state index in [4.69, 9.17) is 5.73 Å². The molecule has 1 aliphatic carbocycles. The highest BCUT2D eigenvalue weighted by molar-refractivity contribution is 7.88. The summed E-state index contributed by atoms with van der Waals surface area (Å²) in [4.78, 5) is 0. The number of sulfonamides is 1. The third-order valence-corrected chi connectivity index (χ3v) is 2.50. The molecule has 0 heterocycles. The highest BCUT2D eigenvalue weighted by Gasteiger charge is 2.32. The maximum Gasteiger partial charge on any atom is 0.211 e. The quantitative estimate of drug-likeness (QED) is 0.660. The zero-order chi connectivity index (χ0) is 10.8. The summed E-state index contributed by atoms with van der Waals surface area (Å²) in [5.41, 5.74) is 6.01. The van der Waals surface area contributed by atoms with Gasteiger partial charge in [0.05, 0.1) is 6.26 Å². The van der Waals surface area contributed by atoms with Crippen LogP contribution >= 0.6 is 0 Å². The molecule has 1 rings (SSSR count). The number of nitrogens with two attached hydrogens (primary N) is 1. The molecule has 0 fully saturated rings. The van der Waals surface area contributed by atoms with E-state index in [1.165, 1.54) is 12.2 Å². The van der Waals surface area contributed by atoms with E-state index in [-0.39, 0.29) is 13.0 Å². The lowest BCUT2D eigenvalue weighted by molar-refractivity contribution is 0.209. The smallest absolute Gasteiger partial charge is 0.211 e. The van der Waals surface area contributed by atoms with Gasteiger partial charge >= 0.3 is 0 Å². The predicted octanol–water partition coefficient (Wildman–Crippen LogP) is 0.0464. The Kier molecular flexibility index (Phi) is 3.08. The minimum Gasteiger partial charge on any atom is -0.327 e. The first kappa shape index (κ1) is 11.4. The van der Waals surface area contributed by atoms with Gasteiger partial charge in [0, 0.05) is 13.0 Å². The fourth-order valence-corrected chi connectivity index (χ4v) is 2.06. The Morgan fingerprint density at radius 2 is 2.36 bits per heavy atom. The Bertz CT molecular complexity index is 375. The molecule has 3 N–H and O–H groups in total. The van der Waals surface area contributed by atoms with Gasteiger partial charge in [0.1, 0.15) is 0 Å². The normalized spacial score (nSPS) is 27.5. The van der Waals surface area contributed by atoms with Crippen LogP contribution in [0.15, 0.2) is 23.8 Å². The lowest BCUT2D eigenvalue weighted by atomic mass is 9.99. The van der Waals surface area contributed by atoms with Crippen LogP contribution in [0.1, 0.15) is 6.42 Å². The topological polar surface area (TPSA) is 72.2 Å². The number of hydrogen-bond donors (Lipinski definition) is 2. The molecule has 0 spiro atoms. The summed E-state index contributed by atoms with van der Waals surface area (Å²) in [7, 11) is -3.56. The van der Waals surface area contributed by atoms with Crippen molar-refractivity contribution in [3.63, 3.8) is 0 Å². The highest BCUT2D eigenvalue weighted by Crippen LogP contribution is 2.24. The fourth-order valence-electron chi connectivity index (χ4n) is 1.30. The molecule has 0 aromatic rings. The third kappa shape index (κ3) is 3.21. The molecule has 1 aliphatic rings. The average Bonchev–Trinajstić information content (AvgIpc) is 1.99. The lowest BCUT2D eigenvalue weighted by Crippen LogP contribution is -2.44. The van der Waals surface area contributed by atoms with Crippen LogP contribution in [0.5, 0.6) is 0 Å². The molecule has 6 heteroatoms. The fraction of sp³-hybridized carbons (Fsp3) is 0.500. The van der Waals surface area contributed by atoms with Crippen LogP contribution < -0.4 is 10.5 Å². The van der Waals surface area contributed by atoms with E-state index in [0.29, 0.717) is 5.57 Å². The van der Waals surface area contributed by atoms with E-state index < -0.39 is 15.8 Å². The number of hydrogen-bond acceptors (Lipinski definition) is 3. The van der Waals surface area contributed by atoms with Gasteiger partial charge in [-0.25, -0.2) is 12.8 Å². The van der Waals surface area contributed by atoms with Crippen molar-refractivity contribution in [1.29, 1.82) is 0 Å². The molecule has 0 saturated carbocycles. The summed E-state index contributed by atoms with van der Waals surface area (Å²) in [6, 6.07) is 0. The van der Waals surface area contributed by atoms with Crippen molar-refractivity contribution < 1.29 is 12.8 Å². The second kappa shape index (κ2) is 3.80. The first-order valence-electron chi connectivity index (χ1n) is 4.10. The van der Waals surface area contributed by atoms with Crippen LogP contribution in [0.25, 0.3) is 0 Å². The molecule has 4 nitrogen and oxygen atoms in total. The Hall–Kier alpha value is -0.720. The van der Waals surface area contributed by atoms with Gasteiger partial charge < -0.3 is 5.73 Å². The number of rotatable bonds is 3. The lowest BCUT2D eigenvalue weighted by Gasteiger charge is -2.25. The summed E-state index contributed by atoms with van der Waals surface area (Å²) < 4.78 is 37.5. The van der Waals surface area contributed by atoms with Gasteiger partial charge in [-0.05, 0) is 6.08 Å². The van der Waals surface area contributed by atoms with Crippen molar-refractivity contribution in [2.45, 2.75) is 12.2 Å². The van der Waals surface area contributed by atoms with Crippen LogP contribution in [0.4, 0.5) is 4.39 Å².